The normalized spacial score (nSPS) is 13.1. The Hall–Kier alpha value is -0.440. The van der Waals surface area contributed by atoms with Crippen molar-refractivity contribution in [2.75, 3.05) is 0 Å². The van der Waals surface area contributed by atoms with Crippen LogP contribution in [0.3, 0.4) is 0 Å². The molecule has 0 saturated carbocycles. The number of hydrogen-bond acceptors (Lipinski definition) is 0. The molecule has 0 aromatic carbocycles. The van der Waals surface area contributed by atoms with Crippen molar-refractivity contribution >= 4 is 0 Å². The van der Waals surface area contributed by atoms with Crippen LogP contribution < -0.4 is 0 Å². The Morgan fingerprint density at radius 2 is 0.929 bits per heavy atom. The summed E-state index contributed by atoms with van der Waals surface area (Å²) in [5.41, 5.74) is 0. The Bertz CT molecular complexity index is 345. The van der Waals surface area contributed by atoms with Crippen molar-refractivity contribution in [3.05, 3.63) is 13.8 Å². The molecule has 0 rings (SSSR count). The lowest BCUT2D eigenvalue weighted by atomic mass is 9.96. The van der Waals surface area contributed by atoms with Gasteiger partial charge in [-0.15, -0.1) is 11.8 Å². The molecule has 0 aromatic heterocycles. The van der Waals surface area contributed by atoms with Gasteiger partial charge in [-0.25, -0.2) is 0 Å². The lowest BCUT2D eigenvalue weighted by Crippen LogP contribution is -1.95. The van der Waals surface area contributed by atoms with Crippen LogP contribution in [0.15, 0.2) is 0 Å². The maximum atomic E-state index is 3.92. The molecule has 0 saturated heterocycles. The van der Waals surface area contributed by atoms with Crippen LogP contribution >= 0.6 is 0 Å². The molecule has 2 unspecified atom stereocenters. The van der Waals surface area contributed by atoms with Gasteiger partial charge in [-0.1, -0.05) is 130 Å². The minimum Gasteiger partial charge on any atom is -0.103 e. The number of rotatable bonds is 20. The second kappa shape index (κ2) is 22.8. The average Bonchev–Trinajstić information content (AvgIpc) is 2.69. The third-order valence-electron chi connectivity index (χ3n) is 5.97. The molecule has 0 spiro atoms. The molecular weight excluding hydrogens is 336 g/mol. The van der Waals surface area contributed by atoms with Gasteiger partial charge in [-0.3, -0.25) is 0 Å². The fourth-order valence-electron chi connectivity index (χ4n) is 3.86. The van der Waals surface area contributed by atoms with Gasteiger partial charge in [0.2, 0.25) is 0 Å². The Balaban J connectivity index is 3.35. The second-order valence-electron chi connectivity index (χ2n) is 9.19. The Labute approximate surface area is 180 Å². The molecule has 0 aromatic rings. The third-order valence-corrected chi connectivity index (χ3v) is 5.97. The van der Waals surface area contributed by atoms with Gasteiger partial charge in [0, 0.05) is 12.8 Å². The first-order chi connectivity index (χ1) is 13.7. The first kappa shape index (κ1) is 27.6. The maximum Gasteiger partial charge on any atom is 0.0114 e. The average molecular weight is 389 g/mol. The Morgan fingerprint density at radius 1 is 0.500 bits per heavy atom. The molecule has 0 bridgehead atoms. The zero-order chi connectivity index (χ0) is 20.7. The van der Waals surface area contributed by atoms with E-state index in [0.717, 1.165) is 37.5 Å². The molecule has 164 valence electrons. The van der Waals surface area contributed by atoms with E-state index in [-0.39, 0.29) is 0 Å². The standard InChI is InChI=1S/C28H52/c1-5-7-9-11-13-16-20-25-28(4)26-22-18-15-12-14-17-21-24-27(3)23-19-10-8-6-2/h27-28H,1-2,5-17,19-21,23-26H2,3-4H3. The molecule has 0 N–H and O–H groups in total. The van der Waals surface area contributed by atoms with Crippen molar-refractivity contribution in [3.8, 4) is 11.8 Å². The van der Waals surface area contributed by atoms with E-state index in [4.69, 9.17) is 0 Å². The van der Waals surface area contributed by atoms with Crippen molar-refractivity contribution < 1.29 is 0 Å². The fraction of sp³-hybridized carbons (Fsp3) is 0.857. The molecule has 2 atom stereocenters. The first-order valence-corrected chi connectivity index (χ1v) is 12.7. The molecule has 0 aliphatic rings. The first-order valence-electron chi connectivity index (χ1n) is 12.7. The minimum absolute atomic E-state index is 0.780. The predicted molar refractivity (Wildman–Crippen MR) is 129 cm³/mol. The summed E-state index contributed by atoms with van der Waals surface area (Å²) < 4.78 is 0. The second-order valence-corrected chi connectivity index (χ2v) is 9.19. The fourth-order valence-corrected chi connectivity index (χ4v) is 3.86. The zero-order valence-corrected chi connectivity index (χ0v) is 19.7. The van der Waals surface area contributed by atoms with E-state index in [0.29, 0.717) is 0 Å². The molecule has 0 heterocycles. The summed E-state index contributed by atoms with van der Waals surface area (Å²) in [6.45, 7) is 12.6. The quantitative estimate of drug-likeness (QED) is 0.144. The van der Waals surface area contributed by atoms with Gasteiger partial charge in [0.15, 0.2) is 0 Å². The monoisotopic (exact) mass is 388 g/mol. The van der Waals surface area contributed by atoms with Gasteiger partial charge in [0.25, 0.3) is 0 Å². The van der Waals surface area contributed by atoms with Crippen LogP contribution in [0.25, 0.3) is 0 Å². The van der Waals surface area contributed by atoms with Crippen molar-refractivity contribution in [2.45, 2.75) is 142 Å². The van der Waals surface area contributed by atoms with E-state index < -0.39 is 0 Å². The van der Waals surface area contributed by atoms with Crippen LogP contribution in [0.4, 0.5) is 0 Å². The van der Waals surface area contributed by atoms with Crippen molar-refractivity contribution in [1.29, 1.82) is 0 Å². The Morgan fingerprint density at radius 3 is 1.50 bits per heavy atom. The van der Waals surface area contributed by atoms with Crippen LogP contribution in [0.5, 0.6) is 0 Å². The summed E-state index contributed by atoms with van der Waals surface area (Å²) in [7, 11) is 0. The predicted octanol–water partition coefficient (Wildman–Crippen LogP) is 9.73. The molecule has 2 radical (unpaired) electrons. The van der Waals surface area contributed by atoms with Crippen LogP contribution in [-0.2, 0) is 0 Å². The summed E-state index contributed by atoms with van der Waals surface area (Å²) in [5.74, 6) is 8.55. The molecule has 28 heavy (non-hydrogen) atoms. The van der Waals surface area contributed by atoms with Crippen molar-refractivity contribution in [3.63, 3.8) is 0 Å². The van der Waals surface area contributed by atoms with Gasteiger partial charge >= 0.3 is 0 Å². The SMILES string of the molecule is [CH2]CCCCCCCCC(C)CC#CCCCCCCC(C)CCCCC[CH2]. The topological polar surface area (TPSA) is 0 Å². The van der Waals surface area contributed by atoms with E-state index in [2.05, 4.69) is 39.5 Å². The number of unbranched alkanes of at least 4 members (excludes halogenated alkanes) is 13. The van der Waals surface area contributed by atoms with Crippen LogP contribution in [0, 0.1) is 37.5 Å². The lowest BCUT2D eigenvalue weighted by molar-refractivity contribution is 0.436. The lowest BCUT2D eigenvalue weighted by Gasteiger charge is -2.10. The highest BCUT2D eigenvalue weighted by atomic mass is 14.1. The summed E-state index contributed by atoms with van der Waals surface area (Å²) in [5, 5.41) is 0. The van der Waals surface area contributed by atoms with Gasteiger partial charge in [0.05, 0.1) is 0 Å². The van der Waals surface area contributed by atoms with Crippen molar-refractivity contribution in [2.24, 2.45) is 11.8 Å². The molecule has 0 heteroatoms. The molecular formula is C28H52. The summed E-state index contributed by atoms with van der Waals surface area (Å²) in [6.07, 6.45) is 26.5. The molecule has 0 aliphatic carbocycles. The zero-order valence-electron chi connectivity index (χ0n) is 19.7. The van der Waals surface area contributed by atoms with Crippen molar-refractivity contribution in [1.82, 2.24) is 0 Å². The van der Waals surface area contributed by atoms with E-state index in [1.807, 2.05) is 0 Å². The molecule has 0 amide bonds. The smallest absolute Gasteiger partial charge is 0.0114 e. The molecule has 0 nitrogen and oxygen atoms in total. The van der Waals surface area contributed by atoms with Crippen LogP contribution in [0.2, 0.25) is 0 Å². The third kappa shape index (κ3) is 21.9. The highest BCUT2D eigenvalue weighted by Crippen LogP contribution is 2.18. The largest absolute Gasteiger partial charge is 0.103 e. The van der Waals surface area contributed by atoms with E-state index in [1.165, 1.54) is 103 Å². The highest BCUT2D eigenvalue weighted by Gasteiger charge is 2.02. The molecule has 0 fully saturated rings. The van der Waals surface area contributed by atoms with Gasteiger partial charge in [-0.2, -0.15) is 0 Å². The highest BCUT2D eigenvalue weighted by molar-refractivity contribution is 4.99. The minimum atomic E-state index is 0.780. The van der Waals surface area contributed by atoms with Gasteiger partial charge in [-0.05, 0) is 24.7 Å². The summed E-state index contributed by atoms with van der Waals surface area (Å²) in [4.78, 5) is 0. The van der Waals surface area contributed by atoms with E-state index >= 15 is 0 Å². The summed E-state index contributed by atoms with van der Waals surface area (Å²) >= 11 is 0. The van der Waals surface area contributed by atoms with Crippen LogP contribution in [0.1, 0.15) is 142 Å². The summed E-state index contributed by atoms with van der Waals surface area (Å²) in [6, 6.07) is 0. The Kier molecular flexibility index (Phi) is 22.5. The molecule has 0 aliphatic heterocycles. The van der Waals surface area contributed by atoms with Gasteiger partial charge in [0.1, 0.15) is 0 Å². The van der Waals surface area contributed by atoms with Crippen LogP contribution in [-0.4, -0.2) is 0 Å². The maximum absolute atomic E-state index is 3.92. The number of hydrogen-bond donors (Lipinski definition) is 0. The van der Waals surface area contributed by atoms with E-state index in [1.54, 1.807) is 0 Å². The van der Waals surface area contributed by atoms with E-state index in [9.17, 15) is 0 Å². The van der Waals surface area contributed by atoms with Gasteiger partial charge < -0.3 is 0 Å².